The van der Waals surface area contributed by atoms with Crippen LogP contribution in [0.4, 0.5) is 0 Å². The molecule has 8 nitrogen and oxygen atoms in total. The summed E-state index contributed by atoms with van der Waals surface area (Å²) in [7, 11) is 3.19. The monoisotopic (exact) mass is 435 g/mol. The Balaban J connectivity index is 1.46. The topological polar surface area (TPSA) is 81.9 Å². The van der Waals surface area contributed by atoms with E-state index in [2.05, 4.69) is 15.2 Å². The molecule has 9 heteroatoms. The summed E-state index contributed by atoms with van der Waals surface area (Å²) in [4.78, 5) is 19.9. The predicted octanol–water partition coefficient (Wildman–Crippen LogP) is 3.85. The fourth-order valence-electron chi connectivity index (χ4n) is 4.06. The summed E-state index contributed by atoms with van der Waals surface area (Å²) >= 11 is 1.41. The summed E-state index contributed by atoms with van der Waals surface area (Å²) in [6, 6.07) is 11.3. The zero-order chi connectivity index (χ0) is 21.4. The fraction of sp³-hybridized carbons (Fsp3) is 0.273. The minimum atomic E-state index is -0.124. The van der Waals surface area contributed by atoms with E-state index in [4.69, 9.17) is 9.47 Å². The standard InChI is InChI=1S/C22H21N5O3S/c1-29-17-9-5-7-14(19(17)30-2)21-23-15(13-31-21)22(28)26-12-6-8-16(26)20-25-24-18-10-3-4-11-27(18)20/h3-5,7,9-11,13,16H,6,8,12H2,1-2H3. The van der Waals surface area contributed by atoms with Crippen molar-refractivity contribution in [3.8, 4) is 22.1 Å². The van der Waals surface area contributed by atoms with Crippen molar-refractivity contribution in [1.82, 2.24) is 24.5 Å². The SMILES string of the molecule is COc1cccc(-c2nc(C(=O)N3CCCC3c3nnc4ccccn34)cs2)c1OC. The van der Waals surface area contributed by atoms with Gasteiger partial charge in [-0.2, -0.15) is 0 Å². The Hall–Kier alpha value is -3.46. The van der Waals surface area contributed by atoms with Crippen LogP contribution in [0.2, 0.25) is 0 Å². The maximum Gasteiger partial charge on any atom is 0.273 e. The van der Waals surface area contributed by atoms with Gasteiger partial charge in [-0.15, -0.1) is 21.5 Å². The van der Waals surface area contributed by atoms with Crippen LogP contribution in [-0.4, -0.2) is 51.2 Å². The normalized spacial score (nSPS) is 16.1. The van der Waals surface area contributed by atoms with Gasteiger partial charge in [0.05, 0.1) is 25.8 Å². The van der Waals surface area contributed by atoms with Crippen molar-refractivity contribution in [3.63, 3.8) is 0 Å². The third-order valence-corrected chi connectivity index (χ3v) is 6.38. The minimum absolute atomic E-state index is 0.0976. The van der Waals surface area contributed by atoms with E-state index in [0.717, 1.165) is 29.9 Å². The third-order valence-electron chi connectivity index (χ3n) is 5.51. The molecule has 3 aromatic heterocycles. The van der Waals surface area contributed by atoms with E-state index >= 15 is 0 Å². The van der Waals surface area contributed by atoms with Gasteiger partial charge in [0.15, 0.2) is 23.0 Å². The van der Waals surface area contributed by atoms with Crippen molar-refractivity contribution in [2.45, 2.75) is 18.9 Å². The van der Waals surface area contributed by atoms with Gasteiger partial charge < -0.3 is 14.4 Å². The van der Waals surface area contributed by atoms with Crippen LogP contribution in [0, 0.1) is 0 Å². The largest absolute Gasteiger partial charge is 0.493 e. The van der Waals surface area contributed by atoms with Crippen LogP contribution in [0.1, 0.15) is 35.2 Å². The molecule has 31 heavy (non-hydrogen) atoms. The molecular formula is C22H21N5O3S. The molecule has 158 valence electrons. The smallest absolute Gasteiger partial charge is 0.273 e. The van der Waals surface area contributed by atoms with Crippen molar-refractivity contribution in [2.75, 3.05) is 20.8 Å². The van der Waals surface area contributed by atoms with Crippen LogP contribution in [0.3, 0.4) is 0 Å². The second kappa shape index (κ2) is 7.99. The first-order chi connectivity index (χ1) is 15.2. The highest BCUT2D eigenvalue weighted by molar-refractivity contribution is 7.13. The Labute approximate surface area is 183 Å². The van der Waals surface area contributed by atoms with E-state index in [-0.39, 0.29) is 11.9 Å². The first kappa shape index (κ1) is 19.5. The van der Waals surface area contributed by atoms with Gasteiger partial charge >= 0.3 is 0 Å². The van der Waals surface area contributed by atoms with Gasteiger partial charge in [-0.3, -0.25) is 9.20 Å². The maximum atomic E-state index is 13.4. The number of methoxy groups -OCH3 is 2. The Morgan fingerprint density at radius 3 is 2.87 bits per heavy atom. The summed E-state index contributed by atoms with van der Waals surface area (Å²) in [6.45, 7) is 0.667. The van der Waals surface area contributed by atoms with Gasteiger partial charge in [0.1, 0.15) is 10.7 Å². The van der Waals surface area contributed by atoms with Crippen molar-refractivity contribution < 1.29 is 14.3 Å². The number of pyridine rings is 1. The van der Waals surface area contributed by atoms with Crippen molar-refractivity contribution in [2.24, 2.45) is 0 Å². The average Bonchev–Trinajstić information content (AvgIpc) is 3.56. The lowest BCUT2D eigenvalue weighted by molar-refractivity contribution is 0.0724. The van der Waals surface area contributed by atoms with E-state index in [1.54, 1.807) is 19.6 Å². The van der Waals surface area contributed by atoms with Gasteiger partial charge in [0.2, 0.25) is 0 Å². The number of carbonyl (C=O) groups excluding carboxylic acids is 1. The first-order valence-corrected chi connectivity index (χ1v) is 10.9. The summed E-state index contributed by atoms with van der Waals surface area (Å²) in [5.74, 6) is 1.92. The molecule has 1 unspecified atom stereocenters. The lowest BCUT2D eigenvalue weighted by atomic mass is 10.2. The number of nitrogens with zero attached hydrogens (tertiary/aromatic N) is 5. The van der Waals surface area contributed by atoms with E-state index in [1.165, 1.54) is 11.3 Å². The first-order valence-electron chi connectivity index (χ1n) is 9.98. The summed E-state index contributed by atoms with van der Waals surface area (Å²) in [6.07, 6.45) is 3.70. The van der Waals surface area contributed by atoms with E-state index < -0.39 is 0 Å². The highest BCUT2D eigenvalue weighted by Gasteiger charge is 2.34. The number of ether oxygens (including phenoxy) is 2. The molecular weight excluding hydrogens is 414 g/mol. The molecule has 0 aliphatic carbocycles. The lowest BCUT2D eigenvalue weighted by Crippen LogP contribution is -2.31. The van der Waals surface area contributed by atoms with Crippen LogP contribution >= 0.6 is 11.3 Å². The molecule has 0 spiro atoms. The van der Waals surface area contributed by atoms with Gasteiger partial charge in [0, 0.05) is 18.1 Å². The molecule has 4 aromatic rings. The number of likely N-dealkylation sites (tertiary alicyclic amines) is 1. The van der Waals surface area contributed by atoms with Crippen LogP contribution in [0.5, 0.6) is 11.5 Å². The van der Waals surface area contributed by atoms with Crippen molar-refractivity contribution in [3.05, 3.63) is 59.5 Å². The number of aromatic nitrogens is 4. The Kier molecular flexibility index (Phi) is 5.03. The van der Waals surface area contributed by atoms with E-state index in [0.29, 0.717) is 28.7 Å². The number of rotatable bonds is 5. The molecule has 1 fully saturated rings. The molecule has 1 atom stereocenters. The number of thiazole rings is 1. The highest BCUT2D eigenvalue weighted by Crippen LogP contribution is 2.39. The van der Waals surface area contributed by atoms with Gasteiger partial charge in [0.25, 0.3) is 5.91 Å². The maximum absolute atomic E-state index is 13.4. The molecule has 1 aromatic carbocycles. The Bertz CT molecular complexity index is 1250. The molecule has 1 amide bonds. The molecule has 0 N–H and O–H groups in total. The van der Waals surface area contributed by atoms with Crippen LogP contribution in [0.25, 0.3) is 16.2 Å². The van der Waals surface area contributed by atoms with Gasteiger partial charge in [-0.25, -0.2) is 4.98 Å². The second-order valence-corrected chi connectivity index (χ2v) is 8.08. The molecule has 4 heterocycles. The Morgan fingerprint density at radius 2 is 2.03 bits per heavy atom. The lowest BCUT2D eigenvalue weighted by Gasteiger charge is -2.22. The molecule has 1 aliphatic rings. The minimum Gasteiger partial charge on any atom is -0.493 e. The average molecular weight is 436 g/mol. The number of hydrogen-bond donors (Lipinski definition) is 0. The number of amides is 1. The highest BCUT2D eigenvalue weighted by atomic mass is 32.1. The molecule has 0 radical (unpaired) electrons. The summed E-state index contributed by atoms with van der Waals surface area (Å²) in [5, 5.41) is 11.1. The number of fused-ring (bicyclic) bond motifs is 1. The second-order valence-electron chi connectivity index (χ2n) is 7.22. The predicted molar refractivity (Wildman–Crippen MR) is 117 cm³/mol. The van der Waals surface area contributed by atoms with Gasteiger partial charge in [-0.05, 0) is 37.1 Å². The summed E-state index contributed by atoms with van der Waals surface area (Å²) < 4.78 is 12.9. The van der Waals surface area contributed by atoms with Crippen LogP contribution in [-0.2, 0) is 0 Å². The molecule has 5 rings (SSSR count). The van der Waals surface area contributed by atoms with Crippen LogP contribution in [0.15, 0.2) is 48.0 Å². The zero-order valence-corrected chi connectivity index (χ0v) is 18.0. The number of benzene rings is 1. The van der Waals surface area contributed by atoms with Crippen molar-refractivity contribution in [1.29, 1.82) is 0 Å². The van der Waals surface area contributed by atoms with Crippen LogP contribution < -0.4 is 9.47 Å². The fourth-order valence-corrected chi connectivity index (χ4v) is 4.88. The molecule has 1 saturated heterocycles. The van der Waals surface area contributed by atoms with E-state index in [9.17, 15) is 4.79 Å². The Morgan fingerprint density at radius 1 is 1.13 bits per heavy atom. The quantitative estimate of drug-likeness (QED) is 0.474. The molecule has 0 bridgehead atoms. The number of para-hydroxylation sites is 1. The number of hydrogen-bond acceptors (Lipinski definition) is 7. The van der Waals surface area contributed by atoms with E-state index in [1.807, 2.05) is 51.9 Å². The molecule has 0 saturated carbocycles. The summed E-state index contributed by atoms with van der Waals surface area (Å²) in [5.41, 5.74) is 2.00. The third kappa shape index (κ3) is 3.31. The van der Waals surface area contributed by atoms with Gasteiger partial charge in [-0.1, -0.05) is 12.1 Å². The zero-order valence-electron chi connectivity index (χ0n) is 17.2. The molecule has 1 aliphatic heterocycles. The number of carbonyl (C=O) groups is 1. The van der Waals surface area contributed by atoms with Crippen molar-refractivity contribution >= 4 is 22.9 Å².